The van der Waals surface area contributed by atoms with E-state index < -0.39 is 33.7 Å². The van der Waals surface area contributed by atoms with Crippen molar-refractivity contribution in [3.63, 3.8) is 0 Å². The van der Waals surface area contributed by atoms with E-state index in [9.17, 15) is 18.0 Å². The second kappa shape index (κ2) is 12.5. The topological polar surface area (TPSA) is 114 Å². The fourth-order valence-electron chi connectivity index (χ4n) is 3.69. The van der Waals surface area contributed by atoms with Gasteiger partial charge in [0.15, 0.2) is 0 Å². The lowest BCUT2D eigenvalue weighted by Gasteiger charge is -2.26. The summed E-state index contributed by atoms with van der Waals surface area (Å²) in [6.45, 7) is 8.69. The SMILES string of the molecule is CC(C)C(NS(=O)(=O)c1ccc(-c2ccc(OC(=O)Nc3ccc(N(C)C)cc3)cc2)cc1)C(=O)OC(C)(C)C. The van der Waals surface area contributed by atoms with Gasteiger partial charge in [0.05, 0.1) is 4.90 Å². The fraction of sp³-hybridized carbons (Fsp3) is 0.333. The minimum Gasteiger partial charge on any atom is -0.459 e. The van der Waals surface area contributed by atoms with Crippen LogP contribution >= 0.6 is 0 Å². The Kier molecular flexibility index (Phi) is 9.60. The van der Waals surface area contributed by atoms with Gasteiger partial charge in [0, 0.05) is 25.5 Å². The van der Waals surface area contributed by atoms with Gasteiger partial charge in [0.25, 0.3) is 0 Å². The van der Waals surface area contributed by atoms with Gasteiger partial charge in [-0.2, -0.15) is 4.72 Å². The van der Waals surface area contributed by atoms with Gasteiger partial charge in [-0.05, 0) is 86.3 Å². The molecule has 0 aliphatic heterocycles. The Labute approximate surface area is 236 Å². The minimum absolute atomic E-state index is 0.0284. The standard InChI is InChI=1S/C30H37N3O6S/c1-20(2)27(28(34)39-30(3,4)5)32-40(36,37)26-18-10-22(11-19-26)21-8-16-25(17-9-21)38-29(35)31-23-12-14-24(15-13-23)33(6)7/h8-20,27,32H,1-7H3,(H,31,35). The summed E-state index contributed by atoms with van der Waals surface area (Å²) in [5.74, 6) is -0.576. The van der Waals surface area contributed by atoms with Crippen LogP contribution in [0.5, 0.6) is 5.75 Å². The first-order valence-corrected chi connectivity index (χ1v) is 14.3. The predicted octanol–water partition coefficient (Wildman–Crippen LogP) is 5.68. The van der Waals surface area contributed by atoms with Crippen molar-refractivity contribution in [1.82, 2.24) is 4.72 Å². The van der Waals surface area contributed by atoms with E-state index in [-0.39, 0.29) is 10.8 Å². The molecule has 2 N–H and O–H groups in total. The molecule has 10 heteroatoms. The zero-order chi connectivity index (χ0) is 29.7. The summed E-state index contributed by atoms with van der Waals surface area (Å²) in [4.78, 5) is 26.9. The molecule has 0 heterocycles. The molecule has 1 unspecified atom stereocenters. The van der Waals surface area contributed by atoms with Gasteiger partial charge in [0.2, 0.25) is 10.0 Å². The van der Waals surface area contributed by atoms with E-state index in [1.807, 2.05) is 31.1 Å². The lowest BCUT2D eigenvalue weighted by atomic mass is 10.1. The highest BCUT2D eigenvalue weighted by Gasteiger charge is 2.32. The van der Waals surface area contributed by atoms with Gasteiger partial charge in [-0.25, -0.2) is 13.2 Å². The average Bonchev–Trinajstić information content (AvgIpc) is 2.87. The van der Waals surface area contributed by atoms with Crippen LogP contribution in [0.25, 0.3) is 11.1 Å². The number of benzene rings is 3. The first-order valence-electron chi connectivity index (χ1n) is 12.9. The van der Waals surface area contributed by atoms with Crippen molar-refractivity contribution in [3.8, 4) is 16.9 Å². The second-order valence-corrected chi connectivity index (χ2v) is 12.6. The zero-order valence-corrected chi connectivity index (χ0v) is 24.7. The summed E-state index contributed by atoms with van der Waals surface area (Å²) < 4.78 is 39.3. The number of carbonyl (C=O) groups excluding carboxylic acids is 2. The molecular formula is C30H37N3O6S. The van der Waals surface area contributed by atoms with Crippen LogP contribution in [-0.4, -0.2) is 46.2 Å². The molecule has 40 heavy (non-hydrogen) atoms. The number of anilines is 2. The largest absolute Gasteiger partial charge is 0.459 e. The molecular weight excluding hydrogens is 530 g/mol. The number of ether oxygens (including phenoxy) is 2. The third-order valence-corrected chi connectivity index (χ3v) is 7.26. The van der Waals surface area contributed by atoms with Crippen LogP contribution in [0.3, 0.4) is 0 Å². The van der Waals surface area contributed by atoms with Crippen LogP contribution in [-0.2, 0) is 19.6 Å². The Hall–Kier alpha value is -3.89. The highest BCUT2D eigenvalue weighted by Crippen LogP contribution is 2.25. The molecule has 0 spiro atoms. The molecule has 0 aromatic heterocycles. The van der Waals surface area contributed by atoms with E-state index >= 15 is 0 Å². The highest BCUT2D eigenvalue weighted by atomic mass is 32.2. The molecule has 0 aliphatic rings. The molecule has 1 atom stereocenters. The first kappa shape index (κ1) is 30.6. The monoisotopic (exact) mass is 567 g/mol. The highest BCUT2D eigenvalue weighted by molar-refractivity contribution is 7.89. The third kappa shape index (κ3) is 8.56. The molecule has 0 bridgehead atoms. The van der Waals surface area contributed by atoms with Gasteiger partial charge in [-0.3, -0.25) is 10.1 Å². The van der Waals surface area contributed by atoms with Crippen molar-refractivity contribution >= 4 is 33.5 Å². The van der Waals surface area contributed by atoms with E-state index in [1.54, 1.807) is 83.1 Å². The molecule has 1 amide bonds. The van der Waals surface area contributed by atoms with Gasteiger partial charge >= 0.3 is 12.1 Å². The normalized spacial score (nSPS) is 12.5. The molecule has 214 valence electrons. The maximum absolute atomic E-state index is 13.0. The van der Waals surface area contributed by atoms with Crippen molar-refractivity contribution in [1.29, 1.82) is 0 Å². The quantitative estimate of drug-likeness (QED) is 0.320. The Bertz CT molecular complexity index is 1410. The maximum atomic E-state index is 13.0. The van der Waals surface area contributed by atoms with E-state index in [1.165, 1.54) is 12.1 Å². The molecule has 0 fully saturated rings. The van der Waals surface area contributed by atoms with E-state index in [2.05, 4.69) is 10.0 Å². The van der Waals surface area contributed by atoms with E-state index in [0.29, 0.717) is 11.4 Å². The number of carbonyl (C=O) groups is 2. The molecule has 0 saturated carbocycles. The average molecular weight is 568 g/mol. The van der Waals surface area contributed by atoms with Crippen LogP contribution in [0, 0.1) is 5.92 Å². The minimum atomic E-state index is -3.97. The Morgan fingerprint density at radius 2 is 1.35 bits per heavy atom. The summed E-state index contributed by atoms with van der Waals surface area (Å²) in [6.07, 6.45) is -0.613. The molecule has 3 rings (SSSR count). The van der Waals surface area contributed by atoms with Crippen LogP contribution in [0.4, 0.5) is 16.2 Å². The maximum Gasteiger partial charge on any atom is 0.417 e. The van der Waals surface area contributed by atoms with Crippen molar-refractivity contribution in [2.75, 3.05) is 24.3 Å². The molecule has 0 radical (unpaired) electrons. The number of rotatable bonds is 9. The lowest BCUT2D eigenvalue weighted by Crippen LogP contribution is -2.47. The van der Waals surface area contributed by atoms with E-state index in [0.717, 1.165) is 16.8 Å². The smallest absolute Gasteiger partial charge is 0.417 e. The van der Waals surface area contributed by atoms with Crippen LogP contribution in [0.2, 0.25) is 0 Å². The number of nitrogens with one attached hydrogen (secondary N) is 2. The third-order valence-electron chi connectivity index (χ3n) is 5.80. The second-order valence-electron chi connectivity index (χ2n) is 10.9. The van der Waals surface area contributed by atoms with E-state index in [4.69, 9.17) is 9.47 Å². The summed E-state index contributed by atoms with van der Waals surface area (Å²) in [7, 11) is -0.104. The van der Waals surface area contributed by atoms with Crippen LogP contribution in [0.15, 0.2) is 77.7 Å². The zero-order valence-electron chi connectivity index (χ0n) is 23.9. The fourth-order valence-corrected chi connectivity index (χ4v) is 5.03. The van der Waals surface area contributed by atoms with Gasteiger partial charge < -0.3 is 14.4 Å². The summed E-state index contributed by atoms with van der Waals surface area (Å²) in [5, 5.41) is 2.69. The van der Waals surface area contributed by atoms with Gasteiger partial charge in [-0.15, -0.1) is 0 Å². The van der Waals surface area contributed by atoms with Crippen LogP contribution < -0.4 is 19.7 Å². The van der Waals surface area contributed by atoms with Crippen molar-refractivity contribution in [2.24, 2.45) is 5.92 Å². The predicted molar refractivity (Wildman–Crippen MR) is 157 cm³/mol. The van der Waals surface area contributed by atoms with Gasteiger partial charge in [0.1, 0.15) is 17.4 Å². The molecule has 0 saturated heterocycles. The number of nitrogens with zero attached hydrogens (tertiary/aromatic N) is 1. The Morgan fingerprint density at radius 1 is 0.825 bits per heavy atom. The number of hydrogen-bond donors (Lipinski definition) is 2. The van der Waals surface area contributed by atoms with Crippen molar-refractivity contribution < 1.29 is 27.5 Å². The summed E-state index contributed by atoms with van der Waals surface area (Å²) in [6, 6.07) is 19.5. The summed E-state index contributed by atoms with van der Waals surface area (Å²) in [5.41, 5.74) is 2.46. The molecule has 3 aromatic carbocycles. The Morgan fingerprint density at radius 3 is 1.82 bits per heavy atom. The number of esters is 1. The first-order chi connectivity index (χ1) is 18.6. The van der Waals surface area contributed by atoms with Crippen molar-refractivity contribution in [2.45, 2.75) is 51.2 Å². The molecule has 9 nitrogen and oxygen atoms in total. The number of hydrogen-bond acceptors (Lipinski definition) is 7. The number of sulfonamides is 1. The van der Waals surface area contributed by atoms with Crippen molar-refractivity contribution in [3.05, 3.63) is 72.8 Å². The number of amides is 1. The Balaban J connectivity index is 1.64. The van der Waals surface area contributed by atoms with Crippen LogP contribution in [0.1, 0.15) is 34.6 Å². The summed E-state index contributed by atoms with van der Waals surface area (Å²) >= 11 is 0. The lowest BCUT2D eigenvalue weighted by molar-refractivity contribution is -0.158. The molecule has 3 aromatic rings. The molecule has 0 aliphatic carbocycles. The van der Waals surface area contributed by atoms with Gasteiger partial charge in [-0.1, -0.05) is 38.1 Å².